The molecule has 1 atom stereocenters. The van der Waals surface area contributed by atoms with Crippen molar-refractivity contribution in [2.24, 2.45) is 11.3 Å². The number of Topliss-reactive ketones (excluding diaryl/α,β-unsaturated/α-hetero) is 1. The molecule has 2 N–H and O–H groups in total. The third kappa shape index (κ3) is 5.26. The van der Waals surface area contributed by atoms with E-state index in [1.807, 2.05) is 70.2 Å². The number of allylic oxidation sites excluding steroid dienone is 1. The van der Waals surface area contributed by atoms with E-state index < -0.39 is 6.04 Å². The Kier molecular flexibility index (Phi) is 7.17. The van der Waals surface area contributed by atoms with Crippen molar-refractivity contribution in [1.82, 2.24) is 0 Å². The van der Waals surface area contributed by atoms with Gasteiger partial charge in [-0.3, -0.25) is 14.5 Å². The summed E-state index contributed by atoms with van der Waals surface area (Å²) in [5, 5.41) is 14.6. The van der Waals surface area contributed by atoms with Gasteiger partial charge in [-0.25, -0.2) is 0 Å². The van der Waals surface area contributed by atoms with E-state index >= 15 is 0 Å². The van der Waals surface area contributed by atoms with Gasteiger partial charge in [-0.15, -0.1) is 0 Å². The summed E-state index contributed by atoms with van der Waals surface area (Å²) in [6.07, 6.45) is 0.921. The molecular weight excluding hydrogens is 512 g/mol. The lowest BCUT2D eigenvalue weighted by molar-refractivity contribution is -0.122. The van der Waals surface area contributed by atoms with Gasteiger partial charge in [0.25, 0.3) is 0 Å². The lowest BCUT2D eigenvalue weighted by Crippen LogP contribution is -2.41. The zero-order valence-corrected chi connectivity index (χ0v) is 23.4. The Hall–Kier alpha value is -3.77. The maximum Gasteiger partial charge on any atom is 0.230 e. The zero-order valence-electron chi connectivity index (χ0n) is 22.6. The number of nitrogens with one attached hydrogen (secondary N) is 1. The summed E-state index contributed by atoms with van der Waals surface area (Å²) in [6, 6.07) is 19.5. The molecule has 1 aliphatic carbocycles. The number of ether oxygens (including phenoxy) is 1. The number of carbonyl (C=O) groups is 2. The number of halogens is 1. The fourth-order valence-electron chi connectivity index (χ4n) is 5.42. The molecule has 0 fully saturated rings. The quantitative estimate of drug-likeness (QED) is 0.327. The average Bonchev–Trinajstić information content (AvgIpc) is 3.02. The maximum atomic E-state index is 13.9. The number of ketones is 1. The number of phenols is 1. The van der Waals surface area contributed by atoms with Gasteiger partial charge in [0.05, 0.1) is 11.7 Å². The average molecular weight is 545 g/mol. The van der Waals surface area contributed by atoms with Crippen LogP contribution in [0.4, 0.5) is 11.4 Å². The molecule has 0 saturated heterocycles. The number of nitrogens with zero attached hydrogens (tertiary/aromatic N) is 1. The smallest absolute Gasteiger partial charge is 0.230 e. The van der Waals surface area contributed by atoms with E-state index in [1.54, 1.807) is 29.2 Å². The number of rotatable bonds is 5. The lowest BCUT2D eigenvalue weighted by Gasteiger charge is -2.38. The molecule has 0 radical (unpaired) electrons. The van der Waals surface area contributed by atoms with Crippen LogP contribution in [0.5, 0.6) is 11.5 Å². The number of benzene rings is 3. The molecule has 3 aromatic carbocycles. The van der Waals surface area contributed by atoms with Crippen LogP contribution >= 0.6 is 11.6 Å². The van der Waals surface area contributed by atoms with Crippen LogP contribution in [0.3, 0.4) is 0 Å². The Morgan fingerprint density at radius 3 is 2.54 bits per heavy atom. The number of phenolic OH excluding ortho intramolecular Hbond substituents is 1. The van der Waals surface area contributed by atoms with E-state index in [0.717, 1.165) is 5.56 Å². The summed E-state index contributed by atoms with van der Waals surface area (Å²) >= 11 is 6.92. The Morgan fingerprint density at radius 2 is 1.85 bits per heavy atom. The summed E-state index contributed by atoms with van der Waals surface area (Å²) < 4.78 is 5.99. The molecule has 202 valence electrons. The molecule has 1 heterocycles. The number of amides is 1. The molecule has 3 aromatic rings. The number of fused-ring (bicyclic) bond motifs is 1. The number of hydrogen-bond acceptors (Lipinski definition) is 5. The maximum absolute atomic E-state index is 13.9. The van der Waals surface area contributed by atoms with Crippen LogP contribution in [-0.4, -0.2) is 16.8 Å². The summed E-state index contributed by atoms with van der Waals surface area (Å²) in [5.41, 5.74) is 3.47. The Morgan fingerprint density at radius 1 is 1.10 bits per heavy atom. The summed E-state index contributed by atoms with van der Waals surface area (Å²) in [5.74, 6) is -0.00149. The van der Waals surface area contributed by atoms with Crippen LogP contribution in [-0.2, 0) is 16.2 Å². The van der Waals surface area contributed by atoms with Gasteiger partial charge in [0.1, 0.15) is 23.8 Å². The van der Waals surface area contributed by atoms with E-state index in [2.05, 4.69) is 5.32 Å². The van der Waals surface area contributed by atoms with Gasteiger partial charge in [-0.1, -0.05) is 81.8 Å². The van der Waals surface area contributed by atoms with E-state index in [0.29, 0.717) is 58.4 Å². The summed E-state index contributed by atoms with van der Waals surface area (Å²) in [6.45, 7) is 8.12. The van der Waals surface area contributed by atoms with Crippen LogP contribution in [0.15, 0.2) is 78.0 Å². The molecule has 7 heteroatoms. The predicted octanol–water partition coefficient (Wildman–Crippen LogP) is 7.42. The Labute approximate surface area is 234 Å². The minimum Gasteiger partial charge on any atom is -0.506 e. The highest BCUT2D eigenvalue weighted by molar-refractivity contribution is 6.31. The van der Waals surface area contributed by atoms with Gasteiger partial charge in [-0.05, 0) is 47.2 Å². The monoisotopic (exact) mass is 544 g/mol. The van der Waals surface area contributed by atoms with Gasteiger partial charge in [0.15, 0.2) is 5.78 Å². The first-order chi connectivity index (χ1) is 18.6. The molecule has 0 bridgehead atoms. The minimum absolute atomic E-state index is 0.00754. The molecule has 1 amide bonds. The van der Waals surface area contributed by atoms with Crippen molar-refractivity contribution < 1.29 is 19.4 Å². The van der Waals surface area contributed by atoms with Crippen molar-refractivity contribution >= 4 is 34.7 Å². The first-order valence-electron chi connectivity index (χ1n) is 13.2. The largest absolute Gasteiger partial charge is 0.506 e. The van der Waals surface area contributed by atoms with Crippen LogP contribution in [0.1, 0.15) is 57.7 Å². The van der Waals surface area contributed by atoms with E-state index in [1.165, 1.54) is 0 Å². The predicted molar refractivity (Wildman–Crippen MR) is 154 cm³/mol. The zero-order chi connectivity index (χ0) is 27.9. The Balaban J connectivity index is 1.66. The highest BCUT2D eigenvalue weighted by Gasteiger charge is 2.44. The van der Waals surface area contributed by atoms with Crippen LogP contribution in [0.25, 0.3) is 0 Å². The van der Waals surface area contributed by atoms with Crippen molar-refractivity contribution in [1.29, 1.82) is 0 Å². The third-order valence-corrected chi connectivity index (χ3v) is 7.58. The second-order valence-corrected chi connectivity index (χ2v) is 11.8. The first kappa shape index (κ1) is 26.8. The number of anilines is 2. The number of carbonyl (C=O) groups excluding carboxylic acids is 2. The number of para-hydroxylation sites is 1. The van der Waals surface area contributed by atoms with E-state index in [4.69, 9.17) is 16.3 Å². The van der Waals surface area contributed by atoms with Crippen LogP contribution < -0.4 is 15.0 Å². The van der Waals surface area contributed by atoms with Crippen molar-refractivity contribution in [2.45, 2.75) is 53.2 Å². The van der Waals surface area contributed by atoms with Crippen molar-refractivity contribution in [2.75, 3.05) is 10.2 Å². The van der Waals surface area contributed by atoms with Crippen LogP contribution in [0, 0.1) is 11.3 Å². The lowest BCUT2D eigenvalue weighted by atomic mass is 9.73. The highest BCUT2D eigenvalue weighted by Crippen LogP contribution is 2.51. The molecule has 0 saturated carbocycles. The van der Waals surface area contributed by atoms with Crippen molar-refractivity contribution in [3.8, 4) is 11.5 Å². The number of aromatic hydroxyl groups is 1. The second kappa shape index (κ2) is 10.4. The summed E-state index contributed by atoms with van der Waals surface area (Å²) in [7, 11) is 0. The van der Waals surface area contributed by atoms with E-state index in [-0.39, 0.29) is 28.8 Å². The van der Waals surface area contributed by atoms with Crippen molar-refractivity contribution in [3.63, 3.8) is 0 Å². The van der Waals surface area contributed by atoms with Crippen LogP contribution in [0.2, 0.25) is 5.02 Å². The topological polar surface area (TPSA) is 78.9 Å². The normalized spacial score (nSPS) is 18.3. The van der Waals surface area contributed by atoms with Gasteiger partial charge in [0.2, 0.25) is 5.91 Å². The molecule has 6 nitrogen and oxygen atoms in total. The van der Waals surface area contributed by atoms with Crippen molar-refractivity contribution in [3.05, 3.63) is 94.1 Å². The van der Waals surface area contributed by atoms with Gasteiger partial charge in [0, 0.05) is 28.6 Å². The standard InChI is InChI=1S/C32H33ClN2O4/c1-19(2)31(38)35-25-11-8-12-26(36)29(25)34-24-16-32(3,4)17-27(37)28(24)30(35)22-14-13-21(15-23(22)33)39-18-20-9-6-5-7-10-20/h5-15,19,30,34,36H,16-18H2,1-4H3/t30-/m0/s1. The fraction of sp³-hybridized carbons (Fsp3) is 0.312. The fourth-order valence-corrected chi connectivity index (χ4v) is 5.69. The molecule has 39 heavy (non-hydrogen) atoms. The van der Waals surface area contributed by atoms with Gasteiger partial charge in [-0.2, -0.15) is 0 Å². The van der Waals surface area contributed by atoms with E-state index in [9.17, 15) is 14.7 Å². The minimum atomic E-state index is -0.773. The molecule has 0 aromatic heterocycles. The Bertz CT molecular complexity index is 1460. The highest BCUT2D eigenvalue weighted by atomic mass is 35.5. The molecule has 2 aliphatic rings. The molecule has 0 unspecified atom stereocenters. The van der Waals surface area contributed by atoms with Gasteiger partial charge >= 0.3 is 0 Å². The third-order valence-electron chi connectivity index (χ3n) is 7.25. The SMILES string of the molecule is CC(C)C(=O)N1c2cccc(O)c2NC2=C(C(=O)CC(C)(C)C2)[C@@H]1c1ccc(OCc2ccccc2)cc1Cl. The molecule has 0 spiro atoms. The number of hydrogen-bond donors (Lipinski definition) is 2. The first-order valence-corrected chi connectivity index (χ1v) is 13.6. The van der Waals surface area contributed by atoms with Gasteiger partial charge < -0.3 is 15.2 Å². The molecule has 1 aliphatic heterocycles. The molecular formula is C32H33ClN2O4. The second-order valence-electron chi connectivity index (χ2n) is 11.4. The summed E-state index contributed by atoms with van der Waals surface area (Å²) in [4.78, 5) is 29.3. The molecule has 5 rings (SSSR count).